The molecular formula is C25H24ClN5O2S. The zero-order valence-corrected chi connectivity index (χ0v) is 20.3. The van der Waals surface area contributed by atoms with Crippen molar-refractivity contribution in [2.75, 3.05) is 18.0 Å². The van der Waals surface area contributed by atoms with E-state index in [0.29, 0.717) is 18.1 Å². The Morgan fingerprint density at radius 3 is 2.79 bits per heavy atom. The van der Waals surface area contributed by atoms with E-state index in [2.05, 4.69) is 25.4 Å². The Morgan fingerprint density at radius 2 is 2.06 bits per heavy atom. The molecule has 1 amide bonds. The number of thiazole rings is 1. The number of aromatic nitrogens is 3. The molecular weight excluding hydrogens is 470 g/mol. The molecule has 1 unspecified atom stereocenters. The number of nitrogens with one attached hydrogen (secondary N) is 1. The maximum absolute atomic E-state index is 12.9. The summed E-state index contributed by atoms with van der Waals surface area (Å²) < 4.78 is 5.44. The largest absolute Gasteiger partial charge is 0.462 e. The van der Waals surface area contributed by atoms with Gasteiger partial charge in [0.05, 0.1) is 30.1 Å². The Labute approximate surface area is 206 Å². The zero-order valence-electron chi connectivity index (χ0n) is 18.7. The van der Waals surface area contributed by atoms with Gasteiger partial charge in [0.2, 0.25) is 5.91 Å². The van der Waals surface area contributed by atoms with Gasteiger partial charge >= 0.3 is 0 Å². The maximum Gasteiger partial charge on any atom is 0.225 e. The molecule has 4 aromatic rings. The minimum Gasteiger partial charge on any atom is -0.462 e. The van der Waals surface area contributed by atoms with E-state index in [0.717, 1.165) is 57.8 Å². The lowest BCUT2D eigenvalue weighted by atomic mass is 9.97. The van der Waals surface area contributed by atoms with Crippen molar-refractivity contribution in [3.63, 3.8) is 0 Å². The van der Waals surface area contributed by atoms with Crippen LogP contribution in [-0.2, 0) is 11.3 Å². The minimum absolute atomic E-state index is 0.0581. The van der Waals surface area contributed by atoms with Crippen LogP contribution in [0.25, 0.3) is 22.0 Å². The highest BCUT2D eigenvalue weighted by molar-refractivity contribution is 7.15. The number of carbonyl (C=O) groups excluding carboxylic acids is 1. The zero-order chi connectivity index (χ0) is 23.5. The fraction of sp³-hybridized carbons (Fsp3) is 0.280. The summed E-state index contributed by atoms with van der Waals surface area (Å²) in [5, 5.41) is 13.4. The van der Waals surface area contributed by atoms with Gasteiger partial charge in [-0.3, -0.25) is 4.79 Å². The number of benzene rings is 1. The average Bonchev–Trinajstić information content (AvgIpc) is 3.53. The maximum atomic E-state index is 12.9. The number of aryl methyl sites for hydroxylation is 1. The van der Waals surface area contributed by atoms with Crippen LogP contribution in [0.2, 0.25) is 5.02 Å². The number of piperidine rings is 1. The minimum atomic E-state index is -0.0933. The van der Waals surface area contributed by atoms with Crippen molar-refractivity contribution in [3.05, 3.63) is 70.4 Å². The van der Waals surface area contributed by atoms with Crippen LogP contribution < -0.4 is 10.2 Å². The molecule has 7 nitrogen and oxygen atoms in total. The Bertz CT molecular complexity index is 1260. The lowest BCUT2D eigenvalue weighted by Gasteiger charge is -2.32. The van der Waals surface area contributed by atoms with Crippen LogP contribution in [0.1, 0.15) is 23.4 Å². The van der Waals surface area contributed by atoms with Gasteiger partial charge in [0.25, 0.3) is 0 Å². The molecule has 1 aliphatic rings. The number of nitrogens with zero attached hydrogens (tertiary/aromatic N) is 4. The van der Waals surface area contributed by atoms with E-state index in [4.69, 9.17) is 16.0 Å². The van der Waals surface area contributed by atoms with Gasteiger partial charge in [-0.25, -0.2) is 4.98 Å². The number of hydrogen-bond donors (Lipinski definition) is 1. The molecule has 1 saturated heterocycles. The van der Waals surface area contributed by atoms with Crippen molar-refractivity contribution in [1.29, 1.82) is 0 Å². The predicted molar refractivity (Wildman–Crippen MR) is 134 cm³/mol. The first-order valence-electron chi connectivity index (χ1n) is 11.2. The van der Waals surface area contributed by atoms with E-state index in [1.54, 1.807) is 17.6 Å². The average molecular weight is 494 g/mol. The van der Waals surface area contributed by atoms with Crippen LogP contribution >= 0.6 is 22.9 Å². The molecule has 9 heteroatoms. The fourth-order valence-corrected chi connectivity index (χ4v) is 5.17. The molecule has 1 fully saturated rings. The SMILES string of the molecule is Cc1nc(-c2ccco2)sc1CNC(=O)C1CCCN(c2ccc(-c3ccc(Cl)cc3)nn2)C1. The molecule has 1 atom stereocenters. The number of halogens is 1. The number of carbonyl (C=O) groups is 1. The second kappa shape index (κ2) is 9.95. The van der Waals surface area contributed by atoms with Crippen molar-refractivity contribution in [3.8, 4) is 22.0 Å². The Hall–Kier alpha value is -3.23. The van der Waals surface area contributed by atoms with Gasteiger partial charge in [0.1, 0.15) is 0 Å². The van der Waals surface area contributed by atoms with Crippen LogP contribution in [0, 0.1) is 12.8 Å². The molecule has 0 aliphatic carbocycles. The monoisotopic (exact) mass is 493 g/mol. The molecule has 174 valence electrons. The number of anilines is 1. The summed E-state index contributed by atoms with van der Waals surface area (Å²) in [4.78, 5) is 20.7. The summed E-state index contributed by atoms with van der Waals surface area (Å²) >= 11 is 7.52. The van der Waals surface area contributed by atoms with Crippen LogP contribution in [0.15, 0.2) is 59.2 Å². The van der Waals surface area contributed by atoms with Crippen molar-refractivity contribution in [2.24, 2.45) is 5.92 Å². The third-order valence-corrected chi connectivity index (χ3v) is 7.38. The Balaban J connectivity index is 1.20. The molecule has 1 aliphatic heterocycles. The van der Waals surface area contributed by atoms with Gasteiger partial charge in [0, 0.05) is 28.6 Å². The molecule has 34 heavy (non-hydrogen) atoms. The normalized spacial score (nSPS) is 15.9. The van der Waals surface area contributed by atoms with E-state index in [1.807, 2.05) is 55.5 Å². The van der Waals surface area contributed by atoms with Gasteiger partial charge < -0.3 is 14.6 Å². The molecule has 1 N–H and O–H groups in total. The van der Waals surface area contributed by atoms with Gasteiger partial charge in [-0.05, 0) is 56.2 Å². The Morgan fingerprint density at radius 1 is 1.21 bits per heavy atom. The highest BCUT2D eigenvalue weighted by Gasteiger charge is 2.27. The lowest BCUT2D eigenvalue weighted by Crippen LogP contribution is -2.43. The molecule has 5 rings (SSSR count). The summed E-state index contributed by atoms with van der Waals surface area (Å²) in [6.45, 7) is 3.91. The molecule has 0 radical (unpaired) electrons. The molecule has 3 aromatic heterocycles. The summed E-state index contributed by atoms with van der Waals surface area (Å²) in [5.74, 6) is 1.50. The standard InChI is InChI=1S/C25H24ClN5O2S/c1-16-22(34-25(28-16)21-5-3-13-33-21)14-27-24(32)18-4-2-12-31(15-18)23-11-10-20(29-30-23)17-6-8-19(26)9-7-17/h3,5-11,13,18H,2,4,12,14-15H2,1H3,(H,27,32). The lowest BCUT2D eigenvalue weighted by molar-refractivity contribution is -0.125. The molecule has 0 bridgehead atoms. The van der Waals surface area contributed by atoms with E-state index in [-0.39, 0.29) is 11.8 Å². The molecule has 0 saturated carbocycles. The quantitative estimate of drug-likeness (QED) is 0.389. The van der Waals surface area contributed by atoms with E-state index in [9.17, 15) is 4.79 Å². The van der Waals surface area contributed by atoms with Gasteiger partial charge in [0.15, 0.2) is 16.6 Å². The van der Waals surface area contributed by atoms with E-state index in [1.165, 1.54) is 0 Å². The third-order valence-electron chi connectivity index (χ3n) is 5.95. The summed E-state index contributed by atoms with van der Waals surface area (Å²) in [5.41, 5.74) is 2.67. The Kier molecular flexibility index (Phi) is 6.60. The van der Waals surface area contributed by atoms with Gasteiger partial charge in [-0.1, -0.05) is 23.7 Å². The molecule has 4 heterocycles. The highest BCUT2D eigenvalue weighted by atomic mass is 35.5. The predicted octanol–water partition coefficient (Wildman–Crippen LogP) is 5.35. The van der Waals surface area contributed by atoms with E-state index >= 15 is 0 Å². The first-order valence-corrected chi connectivity index (χ1v) is 12.4. The van der Waals surface area contributed by atoms with Crippen LogP contribution in [0.5, 0.6) is 0 Å². The number of rotatable bonds is 6. The van der Waals surface area contributed by atoms with Crippen molar-refractivity contribution in [1.82, 2.24) is 20.5 Å². The van der Waals surface area contributed by atoms with Crippen molar-refractivity contribution in [2.45, 2.75) is 26.3 Å². The van der Waals surface area contributed by atoms with Crippen LogP contribution in [0.3, 0.4) is 0 Å². The summed E-state index contributed by atoms with van der Waals surface area (Å²) in [6, 6.07) is 15.2. The number of hydrogen-bond acceptors (Lipinski definition) is 7. The highest BCUT2D eigenvalue weighted by Crippen LogP contribution is 2.29. The smallest absolute Gasteiger partial charge is 0.225 e. The third kappa shape index (κ3) is 4.98. The first kappa shape index (κ1) is 22.6. The topological polar surface area (TPSA) is 84.2 Å². The molecule has 1 aromatic carbocycles. The van der Waals surface area contributed by atoms with Crippen LogP contribution in [-0.4, -0.2) is 34.2 Å². The van der Waals surface area contributed by atoms with Crippen molar-refractivity contribution >= 4 is 34.7 Å². The van der Waals surface area contributed by atoms with Gasteiger partial charge in [-0.2, -0.15) is 0 Å². The van der Waals surface area contributed by atoms with E-state index < -0.39 is 0 Å². The van der Waals surface area contributed by atoms with Gasteiger partial charge in [-0.15, -0.1) is 21.5 Å². The molecule has 0 spiro atoms. The first-order chi connectivity index (χ1) is 16.6. The fourth-order valence-electron chi connectivity index (χ4n) is 4.08. The van der Waals surface area contributed by atoms with Crippen LogP contribution in [0.4, 0.5) is 5.82 Å². The summed E-state index contributed by atoms with van der Waals surface area (Å²) in [6.07, 6.45) is 3.43. The number of amides is 1. The second-order valence-electron chi connectivity index (χ2n) is 8.29. The number of furan rings is 1. The van der Waals surface area contributed by atoms with Crippen molar-refractivity contribution < 1.29 is 9.21 Å². The summed E-state index contributed by atoms with van der Waals surface area (Å²) in [7, 11) is 0. The second-order valence-corrected chi connectivity index (χ2v) is 9.81.